The van der Waals surface area contributed by atoms with Crippen molar-refractivity contribution in [2.24, 2.45) is 0 Å². The van der Waals surface area contributed by atoms with Crippen molar-refractivity contribution in [3.05, 3.63) is 29.3 Å². The lowest BCUT2D eigenvalue weighted by Gasteiger charge is -2.22. The molecule has 1 saturated heterocycles. The Labute approximate surface area is 120 Å². The van der Waals surface area contributed by atoms with Crippen molar-refractivity contribution < 1.29 is 9.53 Å². The third-order valence-electron chi connectivity index (χ3n) is 4.56. The molecule has 1 amide bonds. The predicted molar refractivity (Wildman–Crippen MR) is 79.0 cm³/mol. The lowest BCUT2D eigenvalue weighted by molar-refractivity contribution is -0.133. The molecule has 0 bridgehead atoms. The second kappa shape index (κ2) is 5.86. The lowest BCUT2D eigenvalue weighted by Crippen LogP contribution is -2.37. The van der Waals surface area contributed by atoms with Crippen molar-refractivity contribution in [3.63, 3.8) is 0 Å². The van der Waals surface area contributed by atoms with Crippen molar-refractivity contribution in [1.29, 1.82) is 0 Å². The van der Waals surface area contributed by atoms with Crippen LogP contribution < -0.4 is 4.74 Å². The zero-order chi connectivity index (χ0) is 13.9. The van der Waals surface area contributed by atoms with Gasteiger partial charge in [0.2, 0.25) is 0 Å². The molecule has 1 aliphatic carbocycles. The van der Waals surface area contributed by atoms with E-state index >= 15 is 0 Å². The van der Waals surface area contributed by atoms with Crippen LogP contribution in [0.25, 0.3) is 0 Å². The van der Waals surface area contributed by atoms with Crippen molar-refractivity contribution in [1.82, 2.24) is 4.90 Å². The smallest absolute Gasteiger partial charge is 0.260 e. The van der Waals surface area contributed by atoms with Crippen LogP contribution in [-0.2, 0) is 17.6 Å². The van der Waals surface area contributed by atoms with Gasteiger partial charge in [-0.05, 0) is 68.7 Å². The van der Waals surface area contributed by atoms with E-state index in [1.165, 1.54) is 30.4 Å². The number of aryl methyl sites for hydroxylation is 2. The van der Waals surface area contributed by atoms with Crippen LogP contribution in [0.5, 0.6) is 5.75 Å². The van der Waals surface area contributed by atoms with Crippen LogP contribution in [0.1, 0.15) is 43.7 Å². The molecule has 1 aliphatic heterocycles. The van der Waals surface area contributed by atoms with Crippen LogP contribution in [0.3, 0.4) is 0 Å². The van der Waals surface area contributed by atoms with Gasteiger partial charge in [0.05, 0.1) is 0 Å². The average Bonchev–Trinajstić information content (AvgIpc) is 2.91. The molecule has 1 aromatic rings. The van der Waals surface area contributed by atoms with Gasteiger partial charge in [-0.25, -0.2) is 0 Å². The van der Waals surface area contributed by atoms with Gasteiger partial charge in [-0.15, -0.1) is 0 Å². The van der Waals surface area contributed by atoms with Gasteiger partial charge in [-0.1, -0.05) is 6.07 Å². The Kier molecular flexibility index (Phi) is 3.95. The van der Waals surface area contributed by atoms with E-state index in [0.29, 0.717) is 6.04 Å². The van der Waals surface area contributed by atoms with E-state index in [-0.39, 0.29) is 12.5 Å². The number of carbonyl (C=O) groups excluding carboxylic acids is 1. The van der Waals surface area contributed by atoms with Gasteiger partial charge in [0.25, 0.3) is 5.91 Å². The Morgan fingerprint density at radius 3 is 2.80 bits per heavy atom. The quantitative estimate of drug-likeness (QED) is 0.847. The SMILES string of the molecule is CC1CCCN1C(=O)COc1ccc2c(c1)CCCC2. The van der Waals surface area contributed by atoms with Crippen molar-refractivity contribution in [2.75, 3.05) is 13.2 Å². The fourth-order valence-corrected chi connectivity index (χ4v) is 3.33. The molecule has 2 aliphatic rings. The Hall–Kier alpha value is -1.51. The number of rotatable bonds is 3. The minimum absolute atomic E-state index is 0.118. The summed E-state index contributed by atoms with van der Waals surface area (Å²) in [5.74, 6) is 0.957. The van der Waals surface area contributed by atoms with Crippen molar-refractivity contribution in [3.8, 4) is 5.75 Å². The second-order valence-corrected chi connectivity index (χ2v) is 6.00. The van der Waals surface area contributed by atoms with Crippen LogP contribution >= 0.6 is 0 Å². The van der Waals surface area contributed by atoms with Gasteiger partial charge in [-0.3, -0.25) is 4.79 Å². The maximum Gasteiger partial charge on any atom is 0.260 e. The average molecular weight is 273 g/mol. The molecule has 0 aromatic heterocycles. The molecule has 1 atom stereocenters. The van der Waals surface area contributed by atoms with Gasteiger partial charge >= 0.3 is 0 Å². The monoisotopic (exact) mass is 273 g/mol. The number of hydrogen-bond acceptors (Lipinski definition) is 2. The van der Waals surface area contributed by atoms with E-state index in [1.807, 2.05) is 11.0 Å². The van der Waals surface area contributed by atoms with E-state index in [4.69, 9.17) is 4.74 Å². The summed E-state index contributed by atoms with van der Waals surface area (Å²) in [7, 11) is 0. The fraction of sp³-hybridized carbons (Fsp3) is 0.588. The van der Waals surface area contributed by atoms with Gasteiger partial charge in [0, 0.05) is 12.6 Å². The second-order valence-electron chi connectivity index (χ2n) is 6.00. The lowest BCUT2D eigenvalue weighted by atomic mass is 9.92. The normalized spacial score (nSPS) is 21.6. The van der Waals surface area contributed by atoms with Crippen LogP contribution in [0.2, 0.25) is 0 Å². The van der Waals surface area contributed by atoms with E-state index in [9.17, 15) is 4.79 Å². The number of ether oxygens (including phenoxy) is 1. The summed E-state index contributed by atoms with van der Waals surface area (Å²) in [6, 6.07) is 6.65. The number of amides is 1. The van der Waals surface area contributed by atoms with Crippen LogP contribution in [0, 0.1) is 0 Å². The minimum atomic E-state index is 0.118. The highest BCUT2D eigenvalue weighted by atomic mass is 16.5. The minimum Gasteiger partial charge on any atom is -0.484 e. The third-order valence-corrected chi connectivity index (χ3v) is 4.56. The molecule has 0 spiro atoms. The van der Waals surface area contributed by atoms with Gasteiger partial charge in [-0.2, -0.15) is 0 Å². The molecule has 0 radical (unpaired) electrons. The summed E-state index contributed by atoms with van der Waals surface area (Å²) >= 11 is 0. The topological polar surface area (TPSA) is 29.5 Å². The molecule has 1 fully saturated rings. The first-order chi connectivity index (χ1) is 9.74. The zero-order valence-electron chi connectivity index (χ0n) is 12.2. The first-order valence-electron chi connectivity index (χ1n) is 7.78. The number of carbonyl (C=O) groups is 1. The Morgan fingerprint density at radius 2 is 2.05 bits per heavy atom. The third kappa shape index (κ3) is 2.82. The van der Waals surface area contributed by atoms with Gasteiger partial charge in [0.1, 0.15) is 5.75 Å². The Balaban J connectivity index is 1.59. The Bertz CT molecular complexity index is 498. The van der Waals surface area contributed by atoms with Gasteiger partial charge in [0.15, 0.2) is 6.61 Å². The zero-order valence-corrected chi connectivity index (χ0v) is 12.2. The van der Waals surface area contributed by atoms with E-state index in [2.05, 4.69) is 19.1 Å². The van der Waals surface area contributed by atoms with Crippen molar-refractivity contribution >= 4 is 5.91 Å². The summed E-state index contributed by atoms with van der Waals surface area (Å²) in [6.45, 7) is 3.17. The molecule has 108 valence electrons. The molecule has 0 saturated carbocycles. The summed E-state index contributed by atoms with van der Waals surface area (Å²) in [4.78, 5) is 14.1. The number of benzene rings is 1. The molecule has 0 N–H and O–H groups in total. The van der Waals surface area contributed by atoms with Crippen molar-refractivity contribution in [2.45, 2.75) is 51.5 Å². The Morgan fingerprint density at radius 1 is 1.25 bits per heavy atom. The van der Waals surface area contributed by atoms with E-state index in [0.717, 1.165) is 31.6 Å². The van der Waals surface area contributed by atoms with Crippen LogP contribution in [0.4, 0.5) is 0 Å². The summed E-state index contributed by atoms with van der Waals surface area (Å²) < 4.78 is 5.70. The van der Waals surface area contributed by atoms with E-state index in [1.54, 1.807) is 0 Å². The summed E-state index contributed by atoms with van der Waals surface area (Å²) in [5, 5.41) is 0. The molecule has 3 rings (SSSR count). The van der Waals surface area contributed by atoms with Gasteiger partial charge < -0.3 is 9.64 Å². The molecule has 1 heterocycles. The molecular formula is C17H23NO2. The number of hydrogen-bond donors (Lipinski definition) is 0. The van der Waals surface area contributed by atoms with Crippen LogP contribution in [0.15, 0.2) is 18.2 Å². The maximum atomic E-state index is 12.1. The number of likely N-dealkylation sites (tertiary alicyclic amines) is 1. The largest absolute Gasteiger partial charge is 0.484 e. The molecule has 3 heteroatoms. The highest BCUT2D eigenvalue weighted by Crippen LogP contribution is 2.25. The highest BCUT2D eigenvalue weighted by Gasteiger charge is 2.25. The standard InChI is InChI=1S/C17H23NO2/c1-13-5-4-10-18(13)17(19)12-20-16-9-8-14-6-2-3-7-15(14)11-16/h8-9,11,13H,2-7,10,12H2,1H3. The molecule has 1 unspecified atom stereocenters. The molecule has 1 aromatic carbocycles. The predicted octanol–water partition coefficient (Wildman–Crippen LogP) is 2.96. The summed E-state index contributed by atoms with van der Waals surface area (Å²) in [5.41, 5.74) is 2.85. The maximum absolute atomic E-state index is 12.1. The molecule has 3 nitrogen and oxygen atoms in total. The van der Waals surface area contributed by atoms with E-state index < -0.39 is 0 Å². The summed E-state index contributed by atoms with van der Waals surface area (Å²) in [6.07, 6.45) is 7.11. The number of nitrogens with zero attached hydrogens (tertiary/aromatic N) is 1. The fourth-order valence-electron chi connectivity index (χ4n) is 3.33. The van der Waals surface area contributed by atoms with Crippen LogP contribution in [-0.4, -0.2) is 30.0 Å². The highest BCUT2D eigenvalue weighted by molar-refractivity contribution is 5.78. The first-order valence-corrected chi connectivity index (χ1v) is 7.78. The molecule has 20 heavy (non-hydrogen) atoms. The molecular weight excluding hydrogens is 250 g/mol. The first kappa shape index (κ1) is 13.5. The number of fused-ring (bicyclic) bond motifs is 1.